The molecule has 2 aliphatic heterocycles. The molecule has 1 atom stereocenters. The molecule has 2 N–H and O–H groups in total. The Morgan fingerprint density at radius 3 is 2.41 bits per heavy atom. The average molecular weight is 556 g/mol. The molecular weight excluding hydrogens is 522 g/mol. The van der Waals surface area contributed by atoms with Gasteiger partial charge in [0.25, 0.3) is 11.5 Å². The number of carbonyl (C=O) groups excluding carboxylic acids is 1. The van der Waals surface area contributed by atoms with Crippen molar-refractivity contribution >= 4 is 34.2 Å². The van der Waals surface area contributed by atoms with Gasteiger partial charge in [0.15, 0.2) is 5.60 Å². The number of anilines is 1. The SMILES string of the molecule is CCCN1C(=O)C(C)(O)c2c1nc(-c1cc(S(=O)(=O)N3CCN(CC)CC3)ccc1OCC)[nH]c2=O.Cl. The lowest BCUT2D eigenvalue weighted by Crippen LogP contribution is -2.48. The maximum Gasteiger partial charge on any atom is 0.264 e. The first-order valence-corrected chi connectivity index (χ1v) is 13.7. The van der Waals surface area contributed by atoms with E-state index in [9.17, 15) is 23.1 Å². The Bertz CT molecular complexity index is 1320. The number of aliphatic hydroxyl groups is 1. The van der Waals surface area contributed by atoms with Crippen LogP contribution in [0.2, 0.25) is 0 Å². The van der Waals surface area contributed by atoms with Gasteiger partial charge in [-0.05, 0) is 45.0 Å². The van der Waals surface area contributed by atoms with E-state index < -0.39 is 27.1 Å². The Balaban J connectivity index is 0.00000380. The average Bonchev–Trinajstić information content (AvgIpc) is 3.05. The summed E-state index contributed by atoms with van der Waals surface area (Å²) in [6.45, 7) is 10.5. The van der Waals surface area contributed by atoms with Crippen LogP contribution in [0.3, 0.4) is 0 Å². The molecule has 2 aromatic rings. The number of likely N-dealkylation sites (N-methyl/N-ethyl adjacent to an activating group) is 1. The molecule has 1 unspecified atom stereocenters. The molecule has 13 heteroatoms. The Morgan fingerprint density at radius 1 is 1.14 bits per heavy atom. The Labute approximate surface area is 222 Å². The van der Waals surface area contributed by atoms with E-state index in [2.05, 4.69) is 14.9 Å². The number of halogens is 1. The molecule has 3 heterocycles. The van der Waals surface area contributed by atoms with Gasteiger partial charge in [0.05, 0.1) is 17.1 Å². The molecule has 1 saturated heterocycles. The number of fused-ring (bicyclic) bond motifs is 1. The Morgan fingerprint density at radius 2 is 1.81 bits per heavy atom. The summed E-state index contributed by atoms with van der Waals surface area (Å²) in [5.74, 6) is -0.158. The summed E-state index contributed by atoms with van der Waals surface area (Å²) in [6, 6.07) is 4.47. The number of hydrogen-bond donors (Lipinski definition) is 2. The van der Waals surface area contributed by atoms with Gasteiger partial charge in [-0.15, -0.1) is 12.4 Å². The molecular formula is C24H34ClN5O6S. The predicted octanol–water partition coefficient (Wildman–Crippen LogP) is 1.55. The van der Waals surface area contributed by atoms with E-state index in [1.807, 2.05) is 13.8 Å². The van der Waals surface area contributed by atoms with Crippen molar-refractivity contribution in [1.29, 1.82) is 0 Å². The first kappa shape index (κ1) is 29.1. The molecule has 1 fully saturated rings. The van der Waals surface area contributed by atoms with Gasteiger partial charge in [0, 0.05) is 32.7 Å². The van der Waals surface area contributed by atoms with Crippen molar-refractivity contribution in [1.82, 2.24) is 19.2 Å². The van der Waals surface area contributed by atoms with Crippen LogP contribution in [0.4, 0.5) is 5.82 Å². The van der Waals surface area contributed by atoms with E-state index in [1.54, 1.807) is 13.0 Å². The predicted molar refractivity (Wildman–Crippen MR) is 142 cm³/mol. The summed E-state index contributed by atoms with van der Waals surface area (Å²) >= 11 is 0. The van der Waals surface area contributed by atoms with Gasteiger partial charge in [-0.3, -0.25) is 14.5 Å². The third-order valence-electron chi connectivity index (χ3n) is 6.67. The Kier molecular flexibility index (Phi) is 8.70. The molecule has 2 aliphatic rings. The number of ether oxygens (including phenoxy) is 1. The highest BCUT2D eigenvalue weighted by molar-refractivity contribution is 7.89. The molecule has 0 spiro atoms. The van der Waals surface area contributed by atoms with Crippen molar-refractivity contribution in [3.8, 4) is 17.1 Å². The molecule has 0 bridgehead atoms. The maximum atomic E-state index is 13.4. The summed E-state index contributed by atoms with van der Waals surface area (Å²) < 4.78 is 34.1. The van der Waals surface area contributed by atoms with Crippen LogP contribution in [0.25, 0.3) is 11.4 Å². The fraction of sp³-hybridized carbons (Fsp3) is 0.542. The highest BCUT2D eigenvalue weighted by Gasteiger charge is 2.49. The second kappa shape index (κ2) is 11.1. The number of sulfonamides is 1. The number of H-pyrrole nitrogens is 1. The summed E-state index contributed by atoms with van der Waals surface area (Å²) in [5.41, 5.74) is -2.52. The van der Waals surface area contributed by atoms with Gasteiger partial charge in [0.2, 0.25) is 10.0 Å². The summed E-state index contributed by atoms with van der Waals surface area (Å²) in [4.78, 5) is 36.6. The van der Waals surface area contributed by atoms with E-state index in [0.717, 1.165) is 6.54 Å². The number of nitrogens with one attached hydrogen (secondary N) is 1. The van der Waals surface area contributed by atoms with E-state index in [4.69, 9.17) is 4.74 Å². The van der Waals surface area contributed by atoms with Gasteiger partial charge in [-0.1, -0.05) is 13.8 Å². The summed E-state index contributed by atoms with van der Waals surface area (Å²) in [6.07, 6.45) is 0.592. The number of benzene rings is 1. The molecule has 1 aromatic heterocycles. The monoisotopic (exact) mass is 555 g/mol. The zero-order valence-corrected chi connectivity index (χ0v) is 23.1. The maximum absolute atomic E-state index is 13.4. The van der Waals surface area contributed by atoms with Crippen LogP contribution in [-0.4, -0.2) is 84.5 Å². The minimum atomic E-state index is -3.80. The minimum Gasteiger partial charge on any atom is -0.493 e. The van der Waals surface area contributed by atoms with Gasteiger partial charge in [-0.25, -0.2) is 13.4 Å². The standard InChI is InChI=1S/C24H33N5O6S.ClH/c1-5-10-29-21-19(24(4,32)23(29)31)22(30)26-20(25-21)17-15-16(8-9-18(17)35-7-3)36(33,34)28-13-11-27(6-2)12-14-28;/h8-9,15,32H,5-7,10-14H2,1-4H3,(H,25,26,30);1H. The van der Waals surface area contributed by atoms with Crippen molar-refractivity contribution in [2.45, 2.75) is 44.6 Å². The molecule has 37 heavy (non-hydrogen) atoms. The van der Waals surface area contributed by atoms with Crippen LogP contribution in [-0.2, 0) is 20.4 Å². The lowest BCUT2D eigenvalue weighted by Gasteiger charge is -2.33. The third-order valence-corrected chi connectivity index (χ3v) is 8.57. The van der Waals surface area contributed by atoms with E-state index in [-0.39, 0.29) is 46.6 Å². The fourth-order valence-corrected chi connectivity index (χ4v) is 6.14. The molecule has 4 rings (SSSR count). The number of rotatable bonds is 8. The molecule has 204 valence electrons. The van der Waals surface area contributed by atoms with Crippen molar-refractivity contribution < 1.29 is 23.1 Å². The van der Waals surface area contributed by atoms with Crippen LogP contribution < -0.4 is 15.2 Å². The van der Waals surface area contributed by atoms with Gasteiger partial charge in [-0.2, -0.15) is 4.31 Å². The Hall–Kier alpha value is -2.51. The van der Waals surface area contributed by atoms with Crippen LogP contribution in [0, 0.1) is 0 Å². The largest absolute Gasteiger partial charge is 0.493 e. The summed E-state index contributed by atoms with van der Waals surface area (Å²) in [7, 11) is -3.80. The molecule has 1 amide bonds. The zero-order chi connectivity index (χ0) is 26.3. The second-order valence-corrected chi connectivity index (χ2v) is 11.0. The molecule has 0 aliphatic carbocycles. The zero-order valence-electron chi connectivity index (χ0n) is 21.5. The molecule has 0 saturated carbocycles. The van der Waals surface area contributed by atoms with Gasteiger partial charge >= 0.3 is 0 Å². The number of aromatic amines is 1. The second-order valence-electron chi connectivity index (χ2n) is 9.07. The number of piperazine rings is 1. The third kappa shape index (κ3) is 5.13. The van der Waals surface area contributed by atoms with E-state index in [1.165, 1.54) is 28.3 Å². The topological polar surface area (TPSA) is 136 Å². The number of carbonyl (C=O) groups is 1. The lowest BCUT2D eigenvalue weighted by atomic mass is 10.0. The number of amides is 1. The van der Waals surface area contributed by atoms with Gasteiger partial charge < -0.3 is 19.7 Å². The molecule has 11 nitrogen and oxygen atoms in total. The molecule has 1 aromatic carbocycles. The van der Waals surface area contributed by atoms with E-state index >= 15 is 0 Å². The lowest BCUT2D eigenvalue weighted by molar-refractivity contribution is -0.134. The summed E-state index contributed by atoms with van der Waals surface area (Å²) in [5, 5.41) is 10.8. The minimum absolute atomic E-state index is 0. The van der Waals surface area contributed by atoms with Crippen LogP contribution in [0.15, 0.2) is 27.9 Å². The smallest absolute Gasteiger partial charge is 0.264 e. The number of hydrogen-bond acceptors (Lipinski definition) is 8. The van der Waals surface area contributed by atoms with Crippen molar-refractivity contribution in [2.75, 3.05) is 50.8 Å². The first-order chi connectivity index (χ1) is 17.1. The highest BCUT2D eigenvalue weighted by Crippen LogP contribution is 2.39. The van der Waals surface area contributed by atoms with E-state index in [0.29, 0.717) is 45.0 Å². The van der Waals surface area contributed by atoms with Crippen LogP contribution in [0.5, 0.6) is 5.75 Å². The first-order valence-electron chi connectivity index (χ1n) is 12.2. The molecule has 0 radical (unpaired) electrons. The fourth-order valence-electron chi connectivity index (χ4n) is 4.69. The highest BCUT2D eigenvalue weighted by atomic mass is 35.5. The van der Waals surface area contributed by atoms with Crippen molar-refractivity contribution in [2.24, 2.45) is 0 Å². The quantitative estimate of drug-likeness (QED) is 0.501. The number of aromatic nitrogens is 2. The van der Waals surface area contributed by atoms with Crippen LogP contribution in [0.1, 0.15) is 39.7 Å². The van der Waals surface area contributed by atoms with Crippen molar-refractivity contribution in [3.63, 3.8) is 0 Å². The van der Waals surface area contributed by atoms with Gasteiger partial charge in [0.1, 0.15) is 23.0 Å². The van der Waals surface area contributed by atoms with Crippen molar-refractivity contribution in [3.05, 3.63) is 34.1 Å². The van der Waals surface area contributed by atoms with Crippen LogP contribution >= 0.6 is 12.4 Å². The number of nitrogens with zero attached hydrogens (tertiary/aromatic N) is 4. The normalized spacial score (nSPS) is 20.6.